The van der Waals surface area contributed by atoms with E-state index >= 15 is 0 Å². The lowest BCUT2D eigenvalue weighted by Crippen LogP contribution is -2.45. The van der Waals surface area contributed by atoms with Crippen LogP contribution in [-0.2, 0) is 4.74 Å². The third-order valence-corrected chi connectivity index (χ3v) is 4.12. The van der Waals surface area contributed by atoms with Gasteiger partial charge in [-0.15, -0.1) is 0 Å². The Kier molecular flexibility index (Phi) is 8.67. The molecular weight excluding hydrogens is 236 g/mol. The average molecular weight is 270 g/mol. The second-order valence-electron chi connectivity index (χ2n) is 6.24. The zero-order chi connectivity index (χ0) is 14.1. The number of rotatable bonds is 9. The largest absolute Gasteiger partial charge is 0.377 e. The molecule has 0 aromatic rings. The zero-order valence-electron chi connectivity index (χ0n) is 13.5. The number of hydrogen-bond donors (Lipinski definition) is 1. The molecule has 0 aliphatic heterocycles. The Morgan fingerprint density at radius 2 is 1.89 bits per heavy atom. The molecule has 1 rings (SSSR count). The van der Waals surface area contributed by atoms with Crippen molar-refractivity contribution in [2.75, 3.05) is 33.3 Å². The summed E-state index contributed by atoms with van der Waals surface area (Å²) >= 11 is 0. The first kappa shape index (κ1) is 16.9. The van der Waals surface area contributed by atoms with Crippen molar-refractivity contribution in [3.8, 4) is 0 Å². The quantitative estimate of drug-likeness (QED) is 0.697. The summed E-state index contributed by atoms with van der Waals surface area (Å²) in [5, 5.41) is 3.70. The molecule has 3 nitrogen and oxygen atoms in total. The summed E-state index contributed by atoms with van der Waals surface area (Å²) in [4.78, 5) is 2.42. The molecule has 0 spiro atoms. The highest BCUT2D eigenvalue weighted by Gasteiger charge is 2.23. The molecule has 1 unspecified atom stereocenters. The Bertz CT molecular complexity index is 215. The van der Waals surface area contributed by atoms with Crippen LogP contribution in [0.4, 0.5) is 0 Å². The molecule has 0 radical (unpaired) electrons. The summed E-state index contributed by atoms with van der Waals surface area (Å²) in [5.41, 5.74) is 0. The van der Waals surface area contributed by atoms with Gasteiger partial charge in [0.15, 0.2) is 0 Å². The molecule has 0 heterocycles. The molecule has 0 aromatic carbocycles. The van der Waals surface area contributed by atoms with E-state index < -0.39 is 0 Å². The summed E-state index contributed by atoms with van der Waals surface area (Å²) < 4.78 is 5.64. The Hall–Kier alpha value is -0.120. The van der Waals surface area contributed by atoms with Gasteiger partial charge in [0.25, 0.3) is 0 Å². The van der Waals surface area contributed by atoms with E-state index in [1.807, 2.05) is 0 Å². The molecule has 1 saturated carbocycles. The molecule has 1 fully saturated rings. The van der Waals surface area contributed by atoms with E-state index in [-0.39, 0.29) is 0 Å². The lowest BCUT2D eigenvalue weighted by molar-refractivity contribution is 0.0601. The van der Waals surface area contributed by atoms with Crippen LogP contribution in [0.25, 0.3) is 0 Å². The van der Waals surface area contributed by atoms with Gasteiger partial charge in [0, 0.05) is 19.1 Å². The summed E-state index contributed by atoms with van der Waals surface area (Å²) in [6.07, 6.45) is 7.45. The standard InChI is InChI=1S/C16H34N2O/c1-5-17-16(15-9-7-6-8-10-15)13-18(4)11-12-19-14(2)3/h14-17H,5-13H2,1-4H3. The zero-order valence-corrected chi connectivity index (χ0v) is 13.5. The molecule has 0 bridgehead atoms. The van der Waals surface area contributed by atoms with E-state index in [0.717, 1.165) is 32.2 Å². The maximum absolute atomic E-state index is 5.64. The summed E-state index contributed by atoms with van der Waals surface area (Å²) in [5.74, 6) is 0.877. The van der Waals surface area contributed by atoms with Gasteiger partial charge < -0.3 is 15.0 Å². The van der Waals surface area contributed by atoms with Gasteiger partial charge in [-0.1, -0.05) is 26.2 Å². The van der Waals surface area contributed by atoms with Crippen LogP contribution >= 0.6 is 0 Å². The number of nitrogens with zero attached hydrogens (tertiary/aromatic N) is 1. The maximum Gasteiger partial charge on any atom is 0.0596 e. The van der Waals surface area contributed by atoms with Gasteiger partial charge in [-0.2, -0.15) is 0 Å². The summed E-state index contributed by atoms with van der Waals surface area (Å²) in [6, 6.07) is 0.661. The van der Waals surface area contributed by atoms with E-state index in [1.165, 1.54) is 32.1 Å². The van der Waals surface area contributed by atoms with Crippen molar-refractivity contribution < 1.29 is 4.74 Å². The lowest BCUT2D eigenvalue weighted by Gasteiger charge is -2.33. The minimum Gasteiger partial charge on any atom is -0.377 e. The normalized spacial score (nSPS) is 19.3. The van der Waals surface area contributed by atoms with Crippen LogP contribution < -0.4 is 5.32 Å². The van der Waals surface area contributed by atoms with E-state index in [1.54, 1.807) is 0 Å². The third kappa shape index (κ3) is 7.28. The van der Waals surface area contributed by atoms with E-state index in [2.05, 4.69) is 38.0 Å². The molecule has 1 N–H and O–H groups in total. The number of nitrogens with one attached hydrogen (secondary N) is 1. The number of likely N-dealkylation sites (N-methyl/N-ethyl adjacent to an activating group) is 2. The molecule has 1 aliphatic carbocycles. The second-order valence-corrected chi connectivity index (χ2v) is 6.24. The Labute approximate surface area is 120 Å². The van der Waals surface area contributed by atoms with Gasteiger partial charge in [0.1, 0.15) is 0 Å². The molecule has 0 aromatic heterocycles. The van der Waals surface area contributed by atoms with E-state index in [4.69, 9.17) is 4.74 Å². The molecular formula is C16H34N2O. The highest BCUT2D eigenvalue weighted by molar-refractivity contribution is 4.81. The smallest absolute Gasteiger partial charge is 0.0596 e. The fourth-order valence-electron chi connectivity index (χ4n) is 3.05. The van der Waals surface area contributed by atoms with Crippen molar-refractivity contribution in [2.45, 2.75) is 65.0 Å². The van der Waals surface area contributed by atoms with Crippen molar-refractivity contribution in [3.63, 3.8) is 0 Å². The predicted molar refractivity (Wildman–Crippen MR) is 82.6 cm³/mol. The molecule has 0 saturated heterocycles. The molecule has 1 atom stereocenters. The molecule has 3 heteroatoms. The van der Waals surface area contributed by atoms with Gasteiger partial charge in [0.05, 0.1) is 12.7 Å². The first-order valence-electron chi connectivity index (χ1n) is 8.17. The molecule has 19 heavy (non-hydrogen) atoms. The van der Waals surface area contributed by atoms with Crippen LogP contribution in [0.5, 0.6) is 0 Å². The minimum atomic E-state index is 0.344. The maximum atomic E-state index is 5.64. The minimum absolute atomic E-state index is 0.344. The van der Waals surface area contributed by atoms with Crippen LogP contribution in [0.1, 0.15) is 52.9 Å². The van der Waals surface area contributed by atoms with Crippen LogP contribution in [0.15, 0.2) is 0 Å². The van der Waals surface area contributed by atoms with Crippen LogP contribution in [0, 0.1) is 5.92 Å². The highest BCUT2D eigenvalue weighted by atomic mass is 16.5. The first-order valence-corrected chi connectivity index (χ1v) is 8.17. The summed E-state index contributed by atoms with van der Waals surface area (Å²) in [7, 11) is 2.22. The third-order valence-electron chi connectivity index (χ3n) is 4.12. The van der Waals surface area contributed by atoms with Crippen LogP contribution in [-0.4, -0.2) is 50.3 Å². The predicted octanol–water partition coefficient (Wildman–Crippen LogP) is 2.90. The van der Waals surface area contributed by atoms with Crippen molar-refractivity contribution >= 4 is 0 Å². The molecule has 114 valence electrons. The number of ether oxygens (including phenoxy) is 1. The van der Waals surface area contributed by atoms with Gasteiger partial charge in [-0.3, -0.25) is 0 Å². The molecule has 1 aliphatic rings. The first-order chi connectivity index (χ1) is 9.13. The Balaban J connectivity index is 2.30. The summed E-state index contributed by atoms with van der Waals surface area (Å²) in [6.45, 7) is 10.5. The number of hydrogen-bond acceptors (Lipinski definition) is 3. The van der Waals surface area contributed by atoms with Crippen molar-refractivity contribution in [3.05, 3.63) is 0 Å². The van der Waals surface area contributed by atoms with Gasteiger partial charge in [0.2, 0.25) is 0 Å². The van der Waals surface area contributed by atoms with Crippen LogP contribution in [0.2, 0.25) is 0 Å². The van der Waals surface area contributed by atoms with Gasteiger partial charge in [-0.05, 0) is 46.2 Å². The van der Waals surface area contributed by atoms with E-state index in [0.29, 0.717) is 12.1 Å². The highest BCUT2D eigenvalue weighted by Crippen LogP contribution is 2.26. The Morgan fingerprint density at radius 3 is 2.47 bits per heavy atom. The molecule has 0 amide bonds. The van der Waals surface area contributed by atoms with Crippen molar-refractivity contribution in [1.29, 1.82) is 0 Å². The topological polar surface area (TPSA) is 24.5 Å². The van der Waals surface area contributed by atoms with Crippen LogP contribution in [0.3, 0.4) is 0 Å². The average Bonchev–Trinajstić information content (AvgIpc) is 2.39. The fraction of sp³-hybridized carbons (Fsp3) is 1.00. The lowest BCUT2D eigenvalue weighted by atomic mass is 9.83. The fourth-order valence-corrected chi connectivity index (χ4v) is 3.05. The second kappa shape index (κ2) is 9.73. The Morgan fingerprint density at radius 1 is 1.21 bits per heavy atom. The van der Waals surface area contributed by atoms with Crippen molar-refractivity contribution in [1.82, 2.24) is 10.2 Å². The monoisotopic (exact) mass is 270 g/mol. The SMILES string of the molecule is CCNC(CN(C)CCOC(C)C)C1CCCCC1. The van der Waals surface area contributed by atoms with Crippen molar-refractivity contribution in [2.24, 2.45) is 5.92 Å². The van der Waals surface area contributed by atoms with E-state index in [9.17, 15) is 0 Å². The van der Waals surface area contributed by atoms with Gasteiger partial charge >= 0.3 is 0 Å². The van der Waals surface area contributed by atoms with Gasteiger partial charge in [-0.25, -0.2) is 0 Å².